The minimum absolute atomic E-state index is 0.572. The van der Waals surface area contributed by atoms with E-state index in [1.54, 1.807) is 6.20 Å². The molecule has 0 saturated heterocycles. The van der Waals surface area contributed by atoms with Gasteiger partial charge in [-0.3, -0.25) is 0 Å². The van der Waals surface area contributed by atoms with Crippen LogP contribution in [-0.4, -0.2) is 11.0 Å². The second kappa shape index (κ2) is 5.59. The summed E-state index contributed by atoms with van der Waals surface area (Å²) in [6.45, 7) is 0.761. The van der Waals surface area contributed by atoms with Gasteiger partial charge in [-0.1, -0.05) is 29.8 Å². The summed E-state index contributed by atoms with van der Waals surface area (Å²) in [6, 6.07) is 12.2. The zero-order valence-electron chi connectivity index (χ0n) is 10.5. The molecule has 0 bridgehead atoms. The van der Waals surface area contributed by atoms with Gasteiger partial charge in [0.2, 0.25) is 5.88 Å². The molecule has 0 atom stereocenters. The Morgan fingerprint density at radius 3 is 2.79 bits per heavy atom. The number of rotatable bonds is 5. The van der Waals surface area contributed by atoms with Crippen LogP contribution in [0.1, 0.15) is 18.4 Å². The molecule has 4 heteroatoms. The molecule has 0 unspecified atom stereocenters. The zero-order chi connectivity index (χ0) is 13.1. The highest BCUT2D eigenvalue weighted by atomic mass is 35.5. The maximum Gasteiger partial charge on any atom is 0.219 e. The van der Waals surface area contributed by atoms with Crippen molar-refractivity contribution >= 4 is 11.6 Å². The zero-order valence-corrected chi connectivity index (χ0v) is 11.2. The summed E-state index contributed by atoms with van der Waals surface area (Å²) < 4.78 is 5.70. The van der Waals surface area contributed by atoms with Crippen molar-refractivity contribution in [2.75, 3.05) is 0 Å². The van der Waals surface area contributed by atoms with Gasteiger partial charge in [-0.05, 0) is 30.5 Å². The minimum atomic E-state index is 0.572. The number of benzene rings is 1. The highest BCUT2D eigenvalue weighted by Gasteiger charge is 2.20. The molecule has 1 saturated carbocycles. The molecule has 1 N–H and O–H groups in total. The van der Waals surface area contributed by atoms with E-state index in [1.807, 2.05) is 36.4 Å². The topological polar surface area (TPSA) is 34.1 Å². The second-order valence-corrected chi connectivity index (χ2v) is 5.09. The van der Waals surface area contributed by atoms with Crippen LogP contribution in [0.3, 0.4) is 0 Å². The summed E-state index contributed by atoms with van der Waals surface area (Å²) in [5.41, 5.74) is 1.02. The molecule has 0 radical (unpaired) electrons. The first-order valence-electron chi connectivity index (χ1n) is 6.42. The Balaban J connectivity index is 1.72. The van der Waals surface area contributed by atoms with E-state index in [1.165, 1.54) is 12.8 Å². The number of pyridine rings is 1. The molecular weight excluding hydrogens is 260 g/mol. The molecule has 2 aromatic rings. The molecule has 0 spiro atoms. The summed E-state index contributed by atoms with van der Waals surface area (Å²) in [5, 5.41) is 4.11. The lowest BCUT2D eigenvalue weighted by Crippen LogP contribution is -2.15. The number of para-hydroxylation sites is 1. The van der Waals surface area contributed by atoms with Gasteiger partial charge in [0, 0.05) is 24.8 Å². The van der Waals surface area contributed by atoms with Crippen molar-refractivity contribution in [2.45, 2.75) is 25.4 Å². The van der Waals surface area contributed by atoms with E-state index in [0.717, 1.165) is 17.9 Å². The third-order valence-electron chi connectivity index (χ3n) is 3.03. The third kappa shape index (κ3) is 3.46. The van der Waals surface area contributed by atoms with Gasteiger partial charge in [-0.25, -0.2) is 4.98 Å². The summed E-state index contributed by atoms with van der Waals surface area (Å²) in [5.74, 6) is 1.35. The number of nitrogens with zero attached hydrogens (tertiary/aromatic N) is 1. The van der Waals surface area contributed by atoms with Crippen molar-refractivity contribution in [2.24, 2.45) is 0 Å². The van der Waals surface area contributed by atoms with Crippen LogP contribution >= 0.6 is 11.6 Å². The SMILES string of the molecule is Clc1cnc(Oc2ccccc2)cc1CNC1CC1. The summed E-state index contributed by atoms with van der Waals surface area (Å²) in [7, 11) is 0. The molecule has 1 aliphatic carbocycles. The number of ether oxygens (including phenoxy) is 1. The normalized spacial score (nSPS) is 14.4. The molecule has 1 heterocycles. The average molecular weight is 275 g/mol. The Hall–Kier alpha value is -1.58. The number of hydrogen-bond donors (Lipinski definition) is 1. The fraction of sp³-hybridized carbons (Fsp3) is 0.267. The predicted octanol–water partition coefficient (Wildman–Crippen LogP) is 3.78. The molecule has 1 fully saturated rings. The highest BCUT2D eigenvalue weighted by Crippen LogP contribution is 2.25. The van der Waals surface area contributed by atoms with Crippen LogP contribution in [0.15, 0.2) is 42.6 Å². The molecule has 0 aliphatic heterocycles. The number of hydrogen-bond acceptors (Lipinski definition) is 3. The summed E-state index contributed by atoms with van der Waals surface area (Å²) in [4.78, 5) is 4.20. The van der Waals surface area contributed by atoms with Gasteiger partial charge in [0.15, 0.2) is 0 Å². The Labute approximate surface area is 117 Å². The lowest BCUT2D eigenvalue weighted by Gasteiger charge is -2.09. The molecule has 1 aromatic heterocycles. The molecule has 3 rings (SSSR count). The molecule has 0 amide bonds. The van der Waals surface area contributed by atoms with E-state index in [-0.39, 0.29) is 0 Å². The average Bonchev–Trinajstić information content (AvgIpc) is 3.25. The fourth-order valence-corrected chi connectivity index (χ4v) is 1.97. The van der Waals surface area contributed by atoms with Gasteiger partial charge in [0.1, 0.15) is 5.75 Å². The monoisotopic (exact) mass is 274 g/mol. The van der Waals surface area contributed by atoms with Crippen molar-refractivity contribution in [1.82, 2.24) is 10.3 Å². The standard InChI is InChI=1S/C15H15ClN2O/c16-14-10-18-15(19-13-4-2-1-3-5-13)8-11(14)9-17-12-6-7-12/h1-5,8,10,12,17H,6-7,9H2. The van der Waals surface area contributed by atoms with Crippen LogP contribution in [0.5, 0.6) is 11.6 Å². The van der Waals surface area contributed by atoms with Crippen molar-refractivity contribution in [1.29, 1.82) is 0 Å². The van der Waals surface area contributed by atoms with Crippen LogP contribution in [0.25, 0.3) is 0 Å². The van der Waals surface area contributed by atoms with Gasteiger partial charge in [-0.2, -0.15) is 0 Å². The molecule has 98 valence electrons. The Kier molecular flexibility index (Phi) is 3.67. The highest BCUT2D eigenvalue weighted by molar-refractivity contribution is 6.31. The number of aromatic nitrogens is 1. The largest absolute Gasteiger partial charge is 0.439 e. The second-order valence-electron chi connectivity index (χ2n) is 4.68. The van der Waals surface area contributed by atoms with Gasteiger partial charge < -0.3 is 10.1 Å². The maximum atomic E-state index is 6.15. The van der Waals surface area contributed by atoms with E-state index in [0.29, 0.717) is 16.9 Å². The van der Waals surface area contributed by atoms with E-state index in [9.17, 15) is 0 Å². The quantitative estimate of drug-likeness (QED) is 0.901. The maximum absolute atomic E-state index is 6.15. The first kappa shape index (κ1) is 12.5. The molecule has 1 aromatic carbocycles. The lowest BCUT2D eigenvalue weighted by molar-refractivity contribution is 0.461. The van der Waals surface area contributed by atoms with Gasteiger partial charge in [0.05, 0.1) is 5.02 Å². The van der Waals surface area contributed by atoms with Crippen LogP contribution in [-0.2, 0) is 6.54 Å². The first-order chi connectivity index (χ1) is 9.31. The van der Waals surface area contributed by atoms with Gasteiger partial charge in [0.25, 0.3) is 0 Å². The van der Waals surface area contributed by atoms with Crippen LogP contribution < -0.4 is 10.1 Å². The smallest absolute Gasteiger partial charge is 0.219 e. The minimum Gasteiger partial charge on any atom is -0.439 e. The summed E-state index contributed by atoms with van der Waals surface area (Å²) >= 11 is 6.15. The first-order valence-corrected chi connectivity index (χ1v) is 6.80. The van der Waals surface area contributed by atoms with E-state index >= 15 is 0 Å². The summed E-state index contributed by atoms with van der Waals surface area (Å²) in [6.07, 6.45) is 4.16. The van der Waals surface area contributed by atoms with E-state index in [4.69, 9.17) is 16.3 Å². The molecule has 3 nitrogen and oxygen atoms in total. The van der Waals surface area contributed by atoms with E-state index < -0.39 is 0 Å². The number of halogens is 1. The van der Waals surface area contributed by atoms with Crippen molar-refractivity contribution < 1.29 is 4.74 Å². The molecular formula is C15H15ClN2O. The van der Waals surface area contributed by atoms with E-state index in [2.05, 4.69) is 10.3 Å². The van der Waals surface area contributed by atoms with Crippen LogP contribution in [0.2, 0.25) is 5.02 Å². The molecule has 19 heavy (non-hydrogen) atoms. The van der Waals surface area contributed by atoms with Crippen LogP contribution in [0.4, 0.5) is 0 Å². The number of nitrogens with one attached hydrogen (secondary N) is 1. The van der Waals surface area contributed by atoms with Crippen molar-refractivity contribution in [3.63, 3.8) is 0 Å². The Morgan fingerprint density at radius 2 is 2.05 bits per heavy atom. The Morgan fingerprint density at radius 1 is 1.26 bits per heavy atom. The predicted molar refractivity (Wildman–Crippen MR) is 75.6 cm³/mol. The third-order valence-corrected chi connectivity index (χ3v) is 3.37. The fourth-order valence-electron chi connectivity index (χ4n) is 1.80. The van der Waals surface area contributed by atoms with Crippen molar-refractivity contribution in [3.8, 4) is 11.6 Å². The van der Waals surface area contributed by atoms with Gasteiger partial charge >= 0.3 is 0 Å². The Bertz CT molecular complexity index is 555. The lowest BCUT2D eigenvalue weighted by atomic mass is 10.2. The van der Waals surface area contributed by atoms with Crippen LogP contribution in [0, 0.1) is 0 Å². The van der Waals surface area contributed by atoms with Crippen molar-refractivity contribution in [3.05, 3.63) is 53.2 Å². The molecule has 1 aliphatic rings. The van der Waals surface area contributed by atoms with Gasteiger partial charge in [-0.15, -0.1) is 0 Å².